The number of fused-ring (bicyclic) bond motifs is 2. The van der Waals surface area contributed by atoms with Crippen molar-refractivity contribution in [1.82, 2.24) is 24.8 Å². The Morgan fingerprint density at radius 3 is 2.72 bits per heavy atom. The summed E-state index contributed by atoms with van der Waals surface area (Å²) < 4.78 is 1.82. The van der Waals surface area contributed by atoms with E-state index in [1.54, 1.807) is 0 Å². The van der Waals surface area contributed by atoms with Gasteiger partial charge in [0.05, 0.1) is 5.69 Å². The summed E-state index contributed by atoms with van der Waals surface area (Å²) >= 11 is 7.47. The van der Waals surface area contributed by atoms with E-state index in [0.29, 0.717) is 6.42 Å². The van der Waals surface area contributed by atoms with Crippen LogP contribution >= 0.6 is 22.9 Å². The van der Waals surface area contributed by atoms with Crippen molar-refractivity contribution in [3.05, 3.63) is 71.0 Å². The predicted molar refractivity (Wildman–Crippen MR) is 100 cm³/mol. The summed E-state index contributed by atoms with van der Waals surface area (Å²) in [6, 6.07) is 18.1. The number of aromatic amines is 1. The summed E-state index contributed by atoms with van der Waals surface area (Å²) in [6.07, 6.45) is 0.661. The van der Waals surface area contributed by atoms with Gasteiger partial charge in [-0.3, -0.25) is 0 Å². The summed E-state index contributed by atoms with van der Waals surface area (Å²) in [5.74, 6) is 0.816. The zero-order valence-electron chi connectivity index (χ0n) is 13.0. The van der Waals surface area contributed by atoms with Gasteiger partial charge in [-0.1, -0.05) is 53.3 Å². The molecule has 0 bridgehead atoms. The molecule has 0 atom stereocenters. The number of hydrogen-bond acceptors (Lipinski definition) is 4. The third-order valence-electron chi connectivity index (χ3n) is 4.09. The molecule has 5 aromatic rings. The molecule has 0 radical (unpaired) electrons. The van der Waals surface area contributed by atoms with Crippen LogP contribution in [0.4, 0.5) is 0 Å². The fourth-order valence-electron chi connectivity index (χ4n) is 2.85. The second kappa shape index (κ2) is 5.68. The lowest BCUT2D eigenvalue weighted by Gasteiger charge is -1.98. The van der Waals surface area contributed by atoms with E-state index in [-0.39, 0.29) is 0 Å². The molecule has 122 valence electrons. The fourth-order valence-corrected chi connectivity index (χ4v) is 3.81. The van der Waals surface area contributed by atoms with Crippen LogP contribution in [0, 0.1) is 0 Å². The van der Waals surface area contributed by atoms with Crippen LogP contribution in [0.1, 0.15) is 11.4 Å². The van der Waals surface area contributed by atoms with Gasteiger partial charge in [0.25, 0.3) is 0 Å². The number of halogens is 1. The van der Waals surface area contributed by atoms with Crippen molar-refractivity contribution < 1.29 is 0 Å². The van der Waals surface area contributed by atoms with Gasteiger partial charge < -0.3 is 4.98 Å². The first kappa shape index (κ1) is 14.6. The molecule has 5 rings (SSSR count). The first-order valence-corrected chi connectivity index (χ1v) is 8.99. The Morgan fingerprint density at radius 2 is 1.88 bits per heavy atom. The summed E-state index contributed by atoms with van der Waals surface area (Å²) in [7, 11) is 0. The van der Waals surface area contributed by atoms with Gasteiger partial charge in [-0.25, -0.2) is 0 Å². The maximum Gasteiger partial charge on any atom is 0.235 e. The Balaban J connectivity index is 1.53. The lowest BCUT2D eigenvalue weighted by Crippen LogP contribution is -1.97. The number of nitrogens with zero attached hydrogens (tertiary/aromatic N) is 4. The molecule has 0 aliphatic heterocycles. The maximum atomic E-state index is 5.95. The average molecular weight is 366 g/mol. The van der Waals surface area contributed by atoms with Crippen molar-refractivity contribution in [3.8, 4) is 10.7 Å². The molecule has 3 aromatic heterocycles. The maximum absolute atomic E-state index is 5.95. The molecule has 0 unspecified atom stereocenters. The van der Waals surface area contributed by atoms with Gasteiger partial charge in [0, 0.05) is 22.3 Å². The van der Waals surface area contributed by atoms with Crippen LogP contribution in [0.2, 0.25) is 5.02 Å². The predicted octanol–water partition coefficient (Wildman–Crippen LogP) is 4.58. The number of H-pyrrole nitrogens is 1. The highest BCUT2D eigenvalue weighted by molar-refractivity contribution is 7.19. The normalized spacial score (nSPS) is 11.6. The number of nitrogens with one attached hydrogen (secondary N) is 1. The summed E-state index contributed by atoms with van der Waals surface area (Å²) in [4.78, 5) is 4.20. The zero-order chi connectivity index (χ0) is 16.8. The van der Waals surface area contributed by atoms with E-state index in [2.05, 4.69) is 33.4 Å². The van der Waals surface area contributed by atoms with Gasteiger partial charge in [0.1, 0.15) is 0 Å². The number of aromatic nitrogens is 5. The molecule has 0 spiro atoms. The van der Waals surface area contributed by atoms with Gasteiger partial charge in [0.15, 0.2) is 10.8 Å². The Morgan fingerprint density at radius 1 is 1.04 bits per heavy atom. The van der Waals surface area contributed by atoms with E-state index in [9.17, 15) is 0 Å². The van der Waals surface area contributed by atoms with Crippen molar-refractivity contribution in [2.24, 2.45) is 0 Å². The molecule has 0 saturated carbocycles. The molecule has 7 heteroatoms. The Kier molecular flexibility index (Phi) is 3.33. The molecule has 0 aliphatic carbocycles. The highest BCUT2D eigenvalue weighted by atomic mass is 35.5. The van der Waals surface area contributed by atoms with Gasteiger partial charge in [-0.05, 0) is 29.8 Å². The lowest BCUT2D eigenvalue weighted by atomic mass is 10.1. The number of para-hydroxylation sites is 1. The molecule has 3 heterocycles. The van der Waals surface area contributed by atoms with E-state index >= 15 is 0 Å². The van der Waals surface area contributed by atoms with Crippen LogP contribution in [0.5, 0.6) is 0 Å². The van der Waals surface area contributed by atoms with Crippen molar-refractivity contribution in [3.63, 3.8) is 0 Å². The monoisotopic (exact) mass is 365 g/mol. The minimum Gasteiger partial charge on any atom is -0.353 e. The standard InChI is InChI=1S/C18H12ClN5S/c19-13-7-5-11(6-8-13)9-16-21-22-18-24(16)23-17(25-18)15-10-12-3-1-2-4-14(12)20-15/h1-8,10,20H,9H2. The minimum absolute atomic E-state index is 0.661. The van der Waals surface area contributed by atoms with Gasteiger partial charge in [-0.15, -0.1) is 10.2 Å². The molecule has 0 amide bonds. The molecule has 1 N–H and O–H groups in total. The molecule has 0 saturated heterocycles. The Labute approximate surface area is 151 Å². The SMILES string of the molecule is Clc1ccc(Cc2nnc3sc(-c4cc5ccccc5[nH]4)nn23)cc1. The molecule has 0 fully saturated rings. The number of hydrogen-bond donors (Lipinski definition) is 1. The van der Waals surface area contributed by atoms with E-state index < -0.39 is 0 Å². The van der Waals surface area contributed by atoms with Crippen LogP contribution in [0.15, 0.2) is 54.6 Å². The Bertz CT molecular complexity index is 1150. The number of rotatable bonds is 3. The van der Waals surface area contributed by atoms with Crippen molar-refractivity contribution >= 4 is 38.8 Å². The van der Waals surface area contributed by atoms with E-state index in [1.165, 1.54) is 16.7 Å². The summed E-state index contributed by atoms with van der Waals surface area (Å²) in [5.41, 5.74) is 3.22. The van der Waals surface area contributed by atoms with Crippen LogP contribution in [0.3, 0.4) is 0 Å². The second-order valence-electron chi connectivity index (χ2n) is 5.79. The molecular weight excluding hydrogens is 354 g/mol. The second-order valence-corrected chi connectivity index (χ2v) is 7.18. The van der Waals surface area contributed by atoms with Crippen LogP contribution in [0.25, 0.3) is 26.6 Å². The number of benzene rings is 2. The lowest BCUT2D eigenvalue weighted by molar-refractivity contribution is 0.853. The summed E-state index contributed by atoms with van der Waals surface area (Å²) in [5, 5.41) is 16.0. The topological polar surface area (TPSA) is 58.9 Å². The van der Waals surface area contributed by atoms with Gasteiger partial charge >= 0.3 is 0 Å². The first-order valence-electron chi connectivity index (χ1n) is 7.80. The van der Waals surface area contributed by atoms with Crippen LogP contribution in [-0.4, -0.2) is 24.8 Å². The van der Waals surface area contributed by atoms with Crippen LogP contribution in [-0.2, 0) is 6.42 Å². The third kappa shape index (κ3) is 2.59. The average Bonchev–Trinajstić information content (AvgIpc) is 3.31. The minimum atomic E-state index is 0.661. The highest BCUT2D eigenvalue weighted by Crippen LogP contribution is 2.28. The van der Waals surface area contributed by atoms with E-state index in [4.69, 9.17) is 16.7 Å². The molecular formula is C18H12ClN5S. The molecule has 2 aromatic carbocycles. The summed E-state index contributed by atoms with van der Waals surface area (Å²) in [6.45, 7) is 0. The Hall–Kier alpha value is -2.70. The smallest absolute Gasteiger partial charge is 0.235 e. The van der Waals surface area contributed by atoms with Crippen molar-refractivity contribution in [1.29, 1.82) is 0 Å². The molecule has 0 aliphatic rings. The van der Waals surface area contributed by atoms with E-state index in [0.717, 1.165) is 37.6 Å². The van der Waals surface area contributed by atoms with E-state index in [1.807, 2.05) is 40.9 Å². The van der Waals surface area contributed by atoms with Gasteiger partial charge in [-0.2, -0.15) is 9.61 Å². The quantitative estimate of drug-likeness (QED) is 0.509. The largest absolute Gasteiger partial charge is 0.353 e. The molecule has 25 heavy (non-hydrogen) atoms. The fraction of sp³-hybridized carbons (Fsp3) is 0.0556. The zero-order valence-corrected chi connectivity index (χ0v) is 14.6. The molecule has 5 nitrogen and oxygen atoms in total. The van der Waals surface area contributed by atoms with Crippen LogP contribution < -0.4 is 0 Å². The first-order chi connectivity index (χ1) is 12.3. The third-order valence-corrected chi connectivity index (χ3v) is 5.28. The van der Waals surface area contributed by atoms with Gasteiger partial charge in [0.2, 0.25) is 4.96 Å². The van der Waals surface area contributed by atoms with Crippen molar-refractivity contribution in [2.75, 3.05) is 0 Å². The van der Waals surface area contributed by atoms with Crippen molar-refractivity contribution in [2.45, 2.75) is 6.42 Å². The highest BCUT2D eigenvalue weighted by Gasteiger charge is 2.14.